The van der Waals surface area contributed by atoms with Crippen LogP contribution in [0.25, 0.3) is 11.2 Å². The van der Waals surface area contributed by atoms with Crippen molar-refractivity contribution in [3.63, 3.8) is 0 Å². The topological polar surface area (TPSA) is 129 Å². The van der Waals surface area contributed by atoms with Crippen molar-refractivity contribution in [3.8, 4) is 0 Å². The number of hydrogen-bond donors (Lipinski definition) is 1. The molecule has 1 aliphatic rings. The minimum absolute atomic E-state index is 0.0466. The lowest BCUT2D eigenvalue weighted by atomic mass is 9.80. The van der Waals surface area contributed by atoms with E-state index in [0.717, 1.165) is 11.8 Å². The largest absolute Gasteiger partial charge is 0.469 e. The Hall–Kier alpha value is -2.86. The molecule has 1 fully saturated rings. The molecule has 3 heterocycles. The SMILES string of the molecule is COC(=O)[C@H]1C[C@H](n2c(SCC(=O)Nc3nccs3)nc3nccnc3c2=O)C1. The van der Waals surface area contributed by atoms with Gasteiger partial charge < -0.3 is 10.1 Å². The van der Waals surface area contributed by atoms with Gasteiger partial charge in [0, 0.05) is 30.0 Å². The Morgan fingerprint density at radius 2 is 2.07 bits per heavy atom. The molecule has 0 aliphatic heterocycles. The van der Waals surface area contributed by atoms with Gasteiger partial charge in [0.05, 0.1) is 18.8 Å². The van der Waals surface area contributed by atoms with Gasteiger partial charge in [-0.25, -0.2) is 19.9 Å². The average Bonchev–Trinajstić information content (AvgIpc) is 3.19. The van der Waals surface area contributed by atoms with Crippen LogP contribution in [0.1, 0.15) is 18.9 Å². The summed E-state index contributed by atoms with van der Waals surface area (Å²) < 4.78 is 6.28. The first kappa shape index (κ1) is 19.5. The number of carbonyl (C=O) groups excluding carboxylic acids is 2. The number of thioether (sulfide) groups is 1. The number of nitrogens with zero attached hydrogens (tertiary/aromatic N) is 5. The van der Waals surface area contributed by atoms with Gasteiger partial charge in [0.2, 0.25) is 5.91 Å². The van der Waals surface area contributed by atoms with Gasteiger partial charge in [-0.15, -0.1) is 11.3 Å². The minimum atomic E-state index is -0.334. The van der Waals surface area contributed by atoms with E-state index in [9.17, 15) is 14.4 Å². The van der Waals surface area contributed by atoms with Gasteiger partial charge in [-0.05, 0) is 12.8 Å². The molecule has 1 aliphatic carbocycles. The normalized spacial score (nSPS) is 18.2. The van der Waals surface area contributed by atoms with Crippen LogP contribution in [0, 0.1) is 5.92 Å². The Morgan fingerprint density at radius 1 is 1.28 bits per heavy atom. The van der Waals surface area contributed by atoms with Crippen molar-refractivity contribution in [2.24, 2.45) is 5.92 Å². The fourth-order valence-corrected chi connectivity index (χ4v) is 4.46. The van der Waals surface area contributed by atoms with Crippen LogP contribution in [0.15, 0.2) is 33.9 Å². The number of hydrogen-bond acceptors (Lipinski definition) is 10. The van der Waals surface area contributed by atoms with Gasteiger partial charge in [0.15, 0.2) is 21.5 Å². The molecule has 4 rings (SSSR count). The van der Waals surface area contributed by atoms with Gasteiger partial charge in [-0.3, -0.25) is 19.0 Å². The van der Waals surface area contributed by atoms with Crippen LogP contribution in [0.3, 0.4) is 0 Å². The average molecular weight is 432 g/mol. The van der Waals surface area contributed by atoms with E-state index in [0.29, 0.717) is 23.1 Å². The highest BCUT2D eigenvalue weighted by Gasteiger charge is 2.38. The molecule has 0 atom stereocenters. The number of methoxy groups -OCH3 is 1. The highest BCUT2D eigenvalue weighted by molar-refractivity contribution is 7.99. The molecule has 3 aromatic rings. The number of fused-ring (bicyclic) bond motifs is 1. The summed E-state index contributed by atoms with van der Waals surface area (Å²) in [6.07, 6.45) is 5.43. The Labute approximate surface area is 172 Å². The summed E-state index contributed by atoms with van der Waals surface area (Å²) in [5.41, 5.74) is 0.0466. The summed E-state index contributed by atoms with van der Waals surface area (Å²) in [6, 6.07) is -0.213. The second kappa shape index (κ2) is 8.25. The van der Waals surface area contributed by atoms with Crippen molar-refractivity contribution in [2.75, 3.05) is 18.2 Å². The zero-order valence-corrected chi connectivity index (χ0v) is 16.9. The van der Waals surface area contributed by atoms with Crippen LogP contribution >= 0.6 is 23.1 Å². The molecule has 150 valence electrons. The molecule has 0 bridgehead atoms. The zero-order valence-electron chi connectivity index (χ0n) is 15.3. The quantitative estimate of drug-likeness (QED) is 0.350. The predicted molar refractivity (Wildman–Crippen MR) is 107 cm³/mol. The summed E-state index contributed by atoms with van der Waals surface area (Å²) in [4.78, 5) is 53.6. The second-order valence-corrected chi connectivity index (χ2v) is 8.15. The lowest BCUT2D eigenvalue weighted by molar-refractivity contribution is -0.149. The van der Waals surface area contributed by atoms with Crippen LogP contribution in [-0.4, -0.2) is 49.2 Å². The van der Waals surface area contributed by atoms with E-state index >= 15 is 0 Å². The number of thiazole rings is 1. The molecule has 3 aromatic heterocycles. The third kappa shape index (κ3) is 3.98. The van der Waals surface area contributed by atoms with E-state index in [1.807, 2.05) is 0 Å². The maximum absolute atomic E-state index is 13.0. The molecule has 0 spiro atoms. The third-order valence-electron chi connectivity index (χ3n) is 4.53. The van der Waals surface area contributed by atoms with Crippen LogP contribution in [0.5, 0.6) is 0 Å². The lowest BCUT2D eigenvalue weighted by Gasteiger charge is -2.35. The molecular formula is C17H16N6O4S2. The Kier molecular flexibility index (Phi) is 5.53. The van der Waals surface area contributed by atoms with E-state index in [2.05, 4.69) is 25.3 Å². The first-order valence-electron chi connectivity index (χ1n) is 8.70. The van der Waals surface area contributed by atoms with Gasteiger partial charge in [0.1, 0.15) is 0 Å². The predicted octanol–water partition coefficient (Wildman–Crippen LogP) is 1.50. The van der Waals surface area contributed by atoms with Crippen LogP contribution in [-0.2, 0) is 14.3 Å². The molecule has 29 heavy (non-hydrogen) atoms. The van der Waals surface area contributed by atoms with E-state index < -0.39 is 0 Å². The summed E-state index contributed by atoms with van der Waals surface area (Å²) in [5, 5.41) is 5.33. The van der Waals surface area contributed by atoms with Gasteiger partial charge in [0.25, 0.3) is 5.56 Å². The fraction of sp³-hybridized carbons (Fsp3) is 0.353. The summed E-state index contributed by atoms with van der Waals surface area (Å²) in [5.74, 6) is -0.753. The molecule has 0 aromatic carbocycles. The van der Waals surface area contributed by atoms with Crippen LogP contribution < -0.4 is 10.9 Å². The molecule has 1 saturated carbocycles. The summed E-state index contributed by atoms with van der Waals surface area (Å²) in [6.45, 7) is 0. The number of amides is 1. The van der Waals surface area contributed by atoms with E-state index in [-0.39, 0.29) is 46.3 Å². The van der Waals surface area contributed by atoms with Crippen molar-refractivity contribution in [2.45, 2.75) is 24.0 Å². The number of aromatic nitrogens is 5. The number of esters is 1. The Bertz CT molecular complexity index is 1110. The van der Waals surface area contributed by atoms with Gasteiger partial charge in [-0.2, -0.15) is 0 Å². The smallest absolute Gasteiger partial charge is 0.308 e. The first-order chi connectivity index (χ1) is 14.1. The third-order valence-corrected chi connectivity index (χ3v) is 6.17. The molecule has 0 saturated heterocycles. The van der Waals surface area contributed by atoms with Crippen LogP contribution in [0.4, 0.5) is 5.13 Å². The van der Waals surface area contributed by atoms with Crippen molar-refractivity contribution >= 4 is 51.3 Å². The van der Waals surface area contributed by atoms with E-state index in [4.69, 9.17) is 4.74 Å². The van der Waals surface area contributed by atoms with E-state index in [1.54, 1.807) is 11.6 Å². The minimum Gasteiger partial charge on any atom is -0.469 e. The van der Waals surface area contributed by atoms with Crippen molar-refractivity contribution in [1.82, 2.24) is 24.5 Å². The molecule has 12 heteroatoms. The summed E-state index contributed by atoms with van der Waals surface area (Å²) in [7, 11) is 1.34. The molecule has 10 nitrogen and oxygen atoms in total. The molecule has 0 unspecified atom stereocenters. The number of anilines is 1. The maximum Gasteiger partial charge on any atom is 0.308 e. The highest BCUT2D eigenvalue weighted by atomic mass is 32.2. The van der Waals surface area contributed by atoms with Gasteiger partial charge >= 0.3 is 5.97 Å². The van der Waals surface area contributed by atoms with Crippen molar-refractivity contribution in [3.05, 3.63) is 34.3 Å². The van der Waals surface area contributed by atoms with Gasteiger partial charge in [-0.1, -0.05) is 11.8 Å². The first-order valence-corrected chi connectivity index (χ1v) is 10.6. The van der Waals surface area contributed by atoms with Crippen molar-refractivity contribution < 1.29 is 14.3 Å². The molecule has 1 amide bonds. The molecule has 0 radical (unpaired) electrons. The number of rotatable bonds is 6. The second-order valence-electron chi connectivity index (χ2n) is 6.32. The number of ether oxygens (including phenoxy) is 1. The fourth-order valence-electron chi connectivity index (χ4n) is 3.06. The van der Waals surface area contributed by atoms with Crippen LogP contribution in [0.2, 0.25) is 0 Å². The molecule has 1 N–H and O–H groups in total. The maximum atomic E-state index is 13.0. The zero-order chi connectivity index (χ0) is 20.4. The lowest BCUT2D eigenvalue weighted by Crippen LogP contribution is -2.39. The summed E-state index contributed by atoms with van der Waals surface area (Å²) >= 11 is 2.45. The standard InChI is InChI=1S/C17H16N6O4S2/c1-27-15(26)9-6-10(7-9)23-14(25)12-13(19-3-2-18-12)22-17(23)29-8-11(24)21-16-20-4-5-28-16/h2-5,9-10H,6-8H2,1H3,(H,20,21,24)/t9-,10-. The highest BCUT2D eigenvalue weighted by Crippen LogP contribution is 2.39. The number of nitrogens with one attached hydrogen (secondary N) is 1. The van der Waals surface area contributed by atoms with E-state index in [1.165, 1.54) is 35.4 Å². The molecular weight excluding hydrogens is 416 g/mol. The van der Waals surface area contributed by atoms with Crippen molar-refractivity contribution in [1.29, 1.82) is 0 Å². The Morgan fingerprint density at radius 3 is 2.79 bits per heavy atom. The monoisotopic (exact) mass is 432 g/mol. The number of carbonyl (C=O) groups is 2. The Balaban J connectivity index is 1.59.